The number of nitrogens with one attached hydrogen (secondary N) is 1. The SMILES string of the molecule is COCCC(=O)N1CCC([C@@H]2C[C@H](C(F)(F)F)n3ncnc3N2)CC1. The number of ether oxygens (including phenoxy) is 1. The van der Waals surface area contributed by atoms with E-state index in [1.54, 1.807) is 12.0 Å². The molecule has 3 heterocycles. The molecular formula is C15H22F3N5O2. The van der Waals surface area contributed by atoms with Crippen LogP contribution in [0.4, 0.5) is 19.1 Å². The first kappa shape index (κ1) is 18.0. The van der Waals surface area contributed by atoms with Crippen LogP contribution in [0.2, 0.25) is 0 Å². The molecule has 0 radical (unpaired) electrons. The van der Waals surface area contributed by atoms with Crippen LogP contribution in [-0.4, -0.2) is 64.6 Å². The molecule has 2 aliphatic rings. The minimum absolute atomic E-state index is 0.0322. The van der Waals surface area contributed by atoms with Gasteiger partial charge in [0, 0.05) is 26.2 Å². The summed E-state index contributed by atoms with van der Waals surface area (Å²) in [6.07, 6.45) is -1.60. The number of rotatable bonds is 4. The molecule has 0 bridgehead atoms. The van der Waals surface area contributed by atoms with Crippen molar-refractivity contribution in [2.75, 3.05) is 32.1 Å². The van der Waals surface area contributed by atoms with Crippen LogP contribution in [-0.2, 0) is 9.53 Å². The highest BCUT2D eigenvalue weighted by molar-refractivity contribution is 5.76. The Bertz CT molecular complexity index is 598. The molecule has 2 atom stereocenters. The smallest absolute Gasteiger partial charge is 0.384 e. The Kier molecular flexibility index (Phi) is 5.16. The number of amides is 1. The van der Waals surface area contributed by atoms with E-state index in [1.165, 1.54) is 0 Å². The Morgan fingerprint density at radius 2 is 2.12 bits per heavy atom. The minimum atomic E-state index is -4.36. The van der Waals surface area contributed by atoms with E-state index >= 15 is 0 Å². The molecular weight excluding hydrogens is 339 g/mol. The van der Waals surface area contributed by atoms with Crippen molar-refractivity contribution in [1.29, 1.82) is 0 Å². The number of methoxy groups -OCH3 is 1. The van der Waals surface area contributed by atoms with Crippen LogP contribution in [0.5, 0.6) is 0 Å². The lowest BCUT2D eigenvalue weighted by molar-refractivity contribution is -0.174. The maximum absolute atomic E-state index is 13.3. The quantitative estimate of drug-likeness (QED) is 0.886. The summed E-state index contributed by atoms with van der Waals surface area (Å²) in [4.78, 5) is 17.7. The van der Waals surface area contributed by atoms with Crippen LogP contribution in [0.1, 0.15) is 31.7 Å². The number of likely N-dealkylation sites (tertiary alicyclic amines) is 1. The summed E-state index contributed by atoms with van der Waals surface area (Å²) in [5.41, 5.74) is 0. The lowest BCUT2D eigenvalue weighted by Gasteiger charge is -2.40. The van der Waals surface area contributed by atoms with E-state index < -0.39 is 12.2 Å². The van der Waals surface area contributed by atoms with Gasteiger partial charge in [0.05, 0.1) is 13.0 Å². The topological polar surface area (TPSA) is 72.3 Å². The predicted octanol–water partition coefficient (Wildman–Crippen LogP) is 1.84. The number of anilines is 1. The second kappa shape index (κ2) is 7.19. The molecule has 1 amide bonds. The van der Waals surface area contributed by atoms with Gasteiger partial charge in [0.1, 0.15) is 6.33 Å². The summed E-state index contributed by atoms with van der Waals surface area (Å²) in [7, 11) is 1.55. The Balaban J connectivity index is 1.62. The summed E-state index contributed by atoms with van der Waals surface area (Å²) in [5, 5.41) is 6.80. The van der Waals surface area contributed by atoms with Gasteiger partial charge in [-0.15, -0.1) is 0 Å². The number of piperidine rings is 1. The highest BCUT2D eigenvalue weighted by Crippen LogP contribution is 2.41. The molecule has 0 unspecified atom stereocenters. The molecule has 0 aliphatic carbocycles. The molecule has 1 fully saturated rings. The highest BCUT2D eigenvalue weighted by atomic mass is 19.4. The molecule has 1 aromatic heterocycles. The van der Waals surface area contributed by atoms with Crippen LogP contribution in [0.25, 0.3) is 0 Å². The lowest BCUT2D eigenvalue weighted by Crippen LogP contribution is -2.47. The molecule has 0 spiro atoms. The number of nitrogens with zero attached hydrogens (tertiary/aromatic N) is 4. The van der Waals surface area contributed by atoms with Crippen molar-refractivity contribution in [2.24, 2.45) is 5.92 Å². The molecule has 3 rings (SSSR count). The maximum atomic E-state index is 13.3. The van der Waals surface area contributed by atoms with Gasteiger partial charge in [0.15, 0.2) is 6.04 Å². The van der Waals surface area contributed by atoms with Gasteiger partial charge >= 0.3 is 6.18 Å². The number of halogens is 3. The summed E-state index contributed by atoms with van der Waals surface area (Å²) < 4.78 is 45.9. The van der Waals surface area contributed by atoms with E-state index in [0.29, 0.717) is 39.0 Å². The Labute approximate surface area is 143 Å². The van der Waals surface area contributed by atoms with Gasteiger partial charge in [-0.1, -0.05) is 0 Å². The van der Waals surface area contributed by atoms with Crippen LogP contribution in [0.15, 0.2) is 6.33 Å². The minimum Gasteiger partial charge on any atom is -0.384 e. The maximum Gasteiger partial charge on any atom is 0.411 e. The molecule has 7 nitrogen and oxygen atoms in total. The largest absolute Gasteiger partial charge is 0.411 e. The van der Waals surface area contributed by atoms with Crippen molar-refractivity contribution in [3.8, 4) is 0 Å². The molecule has 1 saturated heterocycles. The lowest BCUT2D eigenvalue weighted by atomic mass is 9.85. The third-order valence-electron chi connectivity index (χ3n) is 5.02. The average molecular weight is 361 g/mol. The van der Waals surface area contributed by atoms with Crippen LogP contribution in [0.3, 0.4) is 0 Å². The summed E-state index contributed by atoms with van der Waals surface area (Å²) in [6, 6.07) is -1.97. The first-order valence-electron chi connectivity index (χ1n) is 8.39. The van der Waals surface area contributed by atoms with E-state index in [9.17, 15) is 18.0 Å². The van der Waals surface area contributed by atoms with Gasteiger partial charge in [-0.3, -0.25) is 4.79 Å². The molecule has 0 saturated carbocycles. The van der Waals surface area contributed by atoms with Crippen LogP contribution >= 0.6 is 0 Å². The third-order valence-corrected chi connectivity index (χ3v) is 5.02. The zero-order chi connectivity index (χ0) is 18.0. The number of carbonyl (C=O) groups is 1. The van der Waals surface area contributed by atoms with E-state index in [1.807, 2.05) is 0 Å². The second-order valence-electron chi connectivity index (χ2n) is 6.53. The fraction of sp³-hybridized carbons (Fsp3) is 0.800. The first-order chi connectivity index (χ1) is 11.9. The van der Waals surface area contributed by atoms with Gasteiger partial charge in [-0.25, -0.2) is 4.68 Å². The number of alkyl halides is 3. The van der Waals surface area contributed by atoms with Gasteiger partial charge in [0.2, 0.25) is 11.9 Å². The zero-order valence-corrected chi connectivity index (χ0v) is 14.0. The number of fused-ring (bicyclic) bond motifs is 1. The van der Waals surface area contributed by atoms with Gasteiger partial charge in [0.25, 0.3) is 0 Å². The number of hydrogen-bond acceptors (Lipinski definition) is 5. The van der Waals surface area contributed by atoms with Crippen molar-refractivity contribution in [1.82, 2.24) is 19.7 Å². The second-order valence-corrected chi connectivity index (χ2v) is 6.53. The fourth-order valence-electron chi connectivity index (χ4n) is 3.63. The van der Waals surface area contributed by atoms with E-state index in [2.05, 4.69) is 15.4 Å². The van der Waals surface area contributed by atoms with E-state index in [-0.39, 0.29) is 30.2 Å². The average Bonchev–Trinajstić information content (AvgIpc) is 3.06. The number of carbonyl (C=O) groups excluding carboxylic acids is 1. The molecule has 1 N–H and O–H groups in total. The summed E-state index contributed by atoms with van der Waals surface area (Å²) in [6.45, 7) is 1.51. The summed E-state index contributed by atoms with van der Waals surface area (Å²) >= 11 is 0. The van der Waals surface area contributed by atoms with Gasteiger partial charge in [-0.05, 0) is 25.2 Å². The molecule has 0 aromatic carbocycles. The van der Waals surface area contributed by atoms with Gasteiger partial charge in [-0.2, -0.15) is 23.3 Å². The van der Waals surface area contributed by atoms with Crippen molar-refractivity contribution < 1.29 is 22.7 Å². The Hall–Kier alpha value is -1.84. The molecule has 25 heavy (non-hydrogen) atoms. The molecule has 2 aliphatic heterocycles. The monoisotopic (exact) mass is 361 g/mol. The predicted molar refractivity (Wildman–Crippen MR) is 82.9 cm³/mol. The van der Waals surface area contributed by atoms with E-state index in [4.69, 9.17) is 4.74 Å². The first-order valence-corrected chi connectivity index (χ1v) is 8.39. The van der Waals surface area contributed by atoms with Crippen molar-refractivity contribution in [3.05, 3.63) is 6.33 Å². The number of aromatic nitrogens is 3. The summed E-state index contributed by atoms with van der Waals surface area (Å²) in [5.74, 6) is 0.267. The van der Waals surface area contributed by atoms with Crippen molar-refractivity contribution >= 4 is 11.9 Å². The molecule has 140 valence electrons. The normalized spacial score (nSPS) is 24.7. The fourth-order valence-corrected chi connectivity index (χ4v) is 3.63. The van der Waals surface area contributed by atoms with Gasteiger partial charge < -0.3 is 15.0 Å². The van der Waals surface area contributed by atoms with Crippen molar-refractivity contribution in [2.45, 2.75) is 43.9 Å². The van der Waals surface area contributed by atoms with Crippen LogP contribution in [0, 0.1) is 5.92 Å². The zero-order valence-electron chi connectivity index (χ0n) is 14.0. The molecule has 10 heteroatoms. The van der Waals surface area contributed by atoms with Crippen molar-refractivity contribution in [3.63, 3.8) is 0 Å². The Morgan fingerprint density at radius 1 is 1.40 bits per heavy atom. The highest BCUT2D eigenvalue weighted by Gasteiger charge is 2.48. The third kappa shape index (κ3) is 3.88. The van der Waals surface area contributed by atoms with Crippen LogP contribution < -0.4 is 5.32 Å². The van der Waals surface area contributed by atoms with E-state index in [0.717, 1.165) is 11.0 Å². The number of hydrogen-bond donors (Lipinski definition) is 1. The Morgan fingerprint density at radius 3 is 2.76 bits per heavy atom. The standard InChI is InChI=1S/C15H22F3N5O2/c1-25-7-4-13(24)22-5-2-10(3-6-22)11-8-12(15(16,17)18)23-14(21-11)19-9-20-23/h9-12H,2-8H2,1H3,(H,19,20,21)/t11-,12+/m0/s1. The molecule has 1 aromatic rings.